The lowest BCUT2D eigenvalue weighted by Gasteiger charge is -2.34. The predicted molar refractivity (Wildman–Crippen MR) is 93.3 cm³/mol. The fourth-order valence-electron chi connectivity index (χ4n) is 2.83. The molecule has 0 bridgehead atoms. The minimum atomic E-state index is -0.0887. The Balaban J connectivity index is 1.52. The van der Waals surface area contributed by atoms with Crippen LogP contribution in [0.4, 0.5) is 10.5 Å². The van der Waals surface area contributed by atoms with Gasteiger partial charge in [-0.1, -0.05) is 22.8 Å². The minimum Gasteiger partial charge on any atom is -0.361 e. The Morgan fingerprint density at radius 1 is 1.29 bits per heavy atom. The van der Waals surface area contributed by atoms with Gasteiger partial charge in [-0.15, -0.1) is 0 Å². The van der Waals surface area contributed by atoms with Crippen LogP contribution in [-0.2, 0) is 6.54 Å². The molecule has 128 valence electrons. The summed E-state index contributed by atoms with van der Waals surface area (Å²) in [5, 5.41) is 7.49. The van der Waals surface area contributed by atoms with Crippen molar-refractivity contribution in [3.63, 3.8) is 0 Å². The zero-order valence-corrected chi connectivity index (χ0v) is 14.6. The van der Waals surface area contributed by atoms with Crippen LogP contribution in [0, 0.1) is 13.8 Å². The molecule has 6 nitrogen and oxygen atoms in total. The number of aromatic nitrogens is 1. The number of urea groups is 1. The average molecular weight is 349 g/mol. The molecule has 1 saturated heterocycles. The summed E-state index contributed by atoms with van der Waals surface area (Å²) in [7, 11) is 0. The minimum absolute atomic E-state index is 0.0887. The lowest BCUT2D eigenvalue weighted by molar-refractivity contribution is 0.142. The number of benzene rings is 1. The van der Waals surface area contributed by atoms with Gasteiger partial charge < -0.3 is 14.7 Å². The van der Waals surface area contributed by atoms with E-state index in [4.69, 9.17) is 16.1 Å². The van der Waals surface area contributed by atoms with Gasteiger partial charge in [0.2, 0.25) is 0 Å². The molecular weight excluding hydrogens is 328 g/mol. The lowest BCUT2D eigenvalue weighted by Crippen LogP contribution is -2.49. The van der Waals surface area contributed by atoms with E-state index in [1.807, 2.05) is 30.9 Å². The van der Waals surface area contributed by atoms with Gasteiger partial charge in [0.1, 0.15) is 5.76 Å². The highest BCUT2D eigenvalue weighted by Crippen LogP contribution is 2.18. The van der Waals surface area contributed by atoms with Gasteiger partial charge in [0.15, 0.2) is 0 Å². The molecule has 2 heterocycles. The number of carbonyl (C=O) groups is 1. The molecular formula is C17H21ClN4O2. The van der Waals surface area contributed by atoms with E-state index in [0.717, 1.165) is 36.7 Å². The Hall–Kier alpha value is -2.05. The summed E-state index contributed by atoms with van der Waals surface area (Å²) in [6.07, 6.45) is 0. The van der Waals surface area contributed by atoms with E-state index in [-0.39, 0.29) is 6.03 Å². The number of nitrogens with one attached hydrogen (secondary N) is 1. The number of aryl methyl sites for hydroxylation is 2. The van der Waals surface area contributed by atoms with Crippen LogP contribution >= 0.6 is 11.6 Å². The van der Waals surface area contributed by atoms with Gasteiger partial charge in [-0.25, -0.2) is 4.79 Å². The quantitative estimate of drug-likeness (QED) is 0.924. The molecule has 2 amide bonds. The van der Waals surface area contributed by atoms with Crippen molar-refractivity contribution < 1.29 is 9.32 Å². The summed E-state index contributed by atoms with van der Waals surface area (Å²) in [5.41, 5.74) is 2.80. The highest BCUT2D eigenvalue weighted by Gasteiger charge is 2.22. The van der Waals surface area contributed by atoms with E-state index in [0.29, 0.717) is 23.8 Å². The maximum Gasteiger partial charge on any atom is 0.321 e. The monoisotopic (exact) mass is 348 g/mol. The molecule has 2 aromatic rings. The zero-order chi connectivity index (χ0) is 17.1. The highest BCUT2D eigenvalue weighted by atomic mass is 35.5. The van der Waals surface area contributed by atoms with Crippen LogP contribution in [0.25, 0.3) is 0 Å². The van der Waals surface area contributed by atoms with Crippen molar-refractivity contribution in [1.29, 1.82) is 0 Å². The van der Waals surface area contributed by atoms with Crippen LogP contribution in [0.1, 0.15) is 17.0 Å². The molecule has 1 aromatic heterocycles. The molecule has 0 radical (unpaired) electrons. The third-order valence-electron chi connectivity index (χ3n) is 4.30. The van der Waals surface area contributed by atoms with Gasteiger partial charge in [0, 0.05) is 49.0 Å². The topological polar surface area (TPSA) is 61.6 Å². The van der Waals surface area contributed by atoms with Crippen LogP contribution in [0.3, 0.4) is 0 Å². The number of anilines is 1. The largest absolute Gasteiger partial charge is 0.361 e. The molecule has 24 heavy (non-hydrogen) atoms. The average Bonchev–Trinajstić information content (AvgIpc) is 2.87. The molecule has 0 spiro atoms. The molecule has 3 rings (SSSR count). The van der Waals surface area contributed by atoms with Gasteiger partial charge in [-0.3, -0.25) is 4.90 Å². The van der Waals surface area contributed by atoms with Crippen molar-refractivity contribution in [2.45, 2.75) is 20.4 Å². The summed E-state index contributed by atoms with van der Waals surface area (Å²) in [5.74, 6) is 0.869. The van der Waals surface area contributed by atoms with Gasteiger partial charge in [-0.05, 0) is 32.0 Å². The molecule has 1 aromatic carbocycles. The molecule has 7 heteroatoms. The van der Waals surface area contributed by atoms with Crippen LogP contribution in [0.2, 0.25) is 5.02 Å². The third kappa shape index (κ3) is 3.88. The summed E-state index contributed by atoms with van der Waals surface area (Å²) in [6, 6.07) is 7.09. The second-order valence-electron chi connectivity index (χ2n) is 6.01. The molecule has 1 aliphatic rings. The lowest BCUT2D eigenvalue weighted by atomic mass is 10.2. The molecule has 0 saturated carbocycles. The van der Waals surface area contributed by atoms with E-state index in [1.54, 1.807) is 12.1 Å². The van der Waals surface area contributed by atoms with Crippen molar-refractivity contribution in [3.8, 4) is 0 Å². The van der Waals surface area contributed by atoms with Crippen molar-refractivity contribution in [2.75, 3.05) is 31.5 Å². The van der Waals surface area contributed by atoms with Crippen LogP contribution in [0.15, 0.2) is 28.8 Å². The van der Waals surface area contributed by atoms with Crippen LogP contribution in [0.5, 0.6) is 0 Å². The second-order valence-corrected chi connectivity index (χ2v) is 6.44. The first-order valence-corrected chi connectivity index (χ1v) is 8.36. The van der Waals surface area contributed by atoms with E-state index < -0.39 is 0 Å². The van der Waals surface area contributed by atoms with E-state index in [1.165, 1.54) is 0 Å². The van der Waals surface area contributed by atoms with Crippen molar-refractivity contribution in [2.24, 2.45) is 0 Å². The maximum atomic E-state index is 12.3. The number of hydrogen-bond donors (Lipinski definition) is 1. The Labute approximate surface area is 146 Å². The third-order valence-corrected chi connectivity index (χ3v) is 4.53. The normalized spacial score (nSPS) is 15.5. The van der Waals surface area contributed by atoms with E-state index in [2.05, 4.69) is 15.4 Å². The van der Waals surface area contributed by atoms with Crippen molar-refractivity contribution in [1.82, 2.24) is 15.0 Å². The van der Waals surface area contributed by atoms with Gasteiger partial charge in [0.05, 0.1) is 5.69 Å². The number of hydrogen-bond acceptors (Lipinski definition) is 4. The van der Waals surface area contributed by atoms with Crippen molar-refractivity contribution in [3.05, 3.63) is 46.3 Å². The van der Waals surface area contributed by atoms with Gasteiger partial charge in [0.25, 0.3) is 0 Å². The zero-order valence-electron chi connectivity index (χ0n) is 13.9. The number of carbonyl (C=O) groups excluding carboxylic acids is 1. The predicted octanol–water partition coefficient (Wildman–Crippen LogP) is 3.29. The maximum absolute atomic E-state index is 12.3. The first-order valence-electron chi connectivity index (χ1n) is 7.98. The summed E-state index contributed by atoms with van der Waals surface area (Å²) >= 11 is 5.94. The molecule has 1 fully saturated rings. The van der Waals surface area contributed by atoms with Crippen LogP contribution in [-0.4, -0.2) is 47.2 Å². The Bertz CT molecular complexity index is 704. The first-order chi connectivity index (χ1) is 11.5. The number of piperazine rings is 1. The Kier molecular flexibility index (Phi) is 5.06. The smallest absolute Gasteiger partial charge is 0.321 e. The molecule has 0 unspecified atom stereocenters. The van der Waals surface area contributed by atoms with Gasteiger partial charge >= 0.3 is 6.03 Å². The summed E-state index contributed by atoms with van der Waals surface area (Å²) in [6.45, 7) is 7.74. The van der Waals surface area contributed by atoms with Crippen molar-refractivity contribution >= 4 is 23.3 Å². The Morgan fingerprint density at radius 3 is 2.67 bits per heavy atom. The van der Waals surface area contributed by atoms with E-state index in [9.17, 15) is 4.79 Å². The second kappa shape index (κ2) is 7.23. The number of amides is 2. The van der Waals surface area contributed by atoms with Crippen LogP contribution < -0.4 is 5.32 Å². The first kappa shape index (κ1) is 16.8. The fraction of sp³-hybridized carbons (Fsp3) is 0.412. The standard InChI is InChI=1S/C17H21ClN4O2/c1-12-16(13(2)24-20-12)11-21-6-8-22(9-7-21)17(23)19-15-5-3-4-14(18)10-15/h3-5,10H,6-9,11H2,1-2H3,(H,19,23). The fourth-order valence-corrected chi connectivity index (χ4v) is 3.02. The molecule has 1 N–H and O–H groups in total. The SMILES string of the molecule is Cc1noc(C)c1CN1CCN(C(=O)Nc2cccc(Cl)c2)CC1. The highest BCUT2D eigenvalue weighted by molar-refractivity contribution is 6.30. The number of halogens is 1. The molecule has 0 atom stereocenters. The number of nitrogens with zero attached hydrogens (tertiary/aromatic N) is 3. The summed E-state index contributed by atoms with van der Waals surface area (Å²) < 4.78 is 5.21. The summed E-state index contributed by atoms with van der Waals surface area (Å²) in [4.78, 5) is 16.5. The molecule has 1 aliphatic heterocycles. The molecule has 0 aliphatic carbocycles. The van der Waals surface area contributed by atoms with E-state index >= 15 is 0 Å². The number of rotatable bonds is 3. The Morgan fingerprint density at radius 2 is 2.04 bits per heavy atom. The van der Waals surface area contributed by atoms with Gasteiger partial charge in [-0.2, -0.15) is 0 Å².